The van der Waals surface area contributed by atoms with E-state index in [2.05, 4.69) is 5.16 Å². The summed E-state index contributed by atoms with van der Waals surface area (Å²) >= 11 is 0. The molecule has 0 radical (unpaired) electrons. The van der Waals surface area contributed by atoms with Gasteiger partial charge in [0.05, 0.1) is 23.5 Å². The van der Waals surface area contributed by atoms with Gasteiger partial charge in [-0.1, -0.05) is 24.2 Å². The van der Waals surface area contributed by atoms with Gasteiger partial charge in [-0.25, -0.2) is 8.42 Å². The zero-order chi connectivity index (χ0) is 25.0. The molecule has 2 aromatic heterocycles. The summed E-state index contributed by atoms with van der Waals surface area (Å²) in [5.74, 6) is 0.747. The first-order valence-electron chi connectivity index (χ1n) is 11.1. The molecule has 2 heterocycles. The van der Waals surface area contributed by atoms with E-state index in [9.17, 15) is 13.2 Å². The fourth-order valence-electron chi connectivity index (χ4n) is 3.58. The predicted octanol–water partition coefficient (Wildman–Crippen LogP) is 4.64. The van der Waals surface area contributed by atoms with Crippen LogP contribution in [0.5, 0.6) is 0 Å². The van der Waals surface area contributed by atoms with Crippen molar-refractivity contribution in [2.45, 2.75) is 24.9 Å². The van der Waals surface area contributed by atoms with E-state index in [4.69, 9.17) is 8.94 Å². The average Bonchev–Trinajstić information content (AvgIpc) is 3.56. The Morgan fingerprint density at radius 3 is 2.29 bits per heavy atom. The third kappa shape index (κ3) is 5.63. The molecule has 0 saturated carbocycles. The summed E-state index contributed by atoms with van der Waals surface area (Å²) in [6, 6.07) is 19.5. The molecular formula is C26H27N3O5S. The molecular weight excluding hydrogens is 466 g/mol. The third-order valence-electron chi connectivity index (χ3n) is 5.65. The molecule has 0 bridgehead atoms. The number of nitrogens with zero attached hydrogens (tertiary/aromatic N) is 3. The highest BCUT2D eigenvalue weighted by atomic mass is 32.2. The minimum absolute atomic E-state index is 0.0245. The Bertz CT molecular complexity index is 1370. The summed E-state index contributed by atoms with van der Waals surface area (Å²) < 4.78 is 35.0. The first kappa shape index (κ1) is 24.3. The predicted molar refractivity (Wildman–Crippen MR) is 133 cm³/mol. The smallest absolute Gasteiger partial charge is 0.276 e. The van der Waals surface area contributed by atoms with Crippen LogP contribution in [0.1, 0.15) is 28.7 Å². The summed E-state index contributed by atoms with van der Waals surface area (Å²) in [5, 5.41) is 3.99. The second kappa shape index (κ2) is 10.2. The largest absolute Gasteiger partial charge is 0.467 e. The lowest BCUT2D eigenvalue weighted by molar-refractivity contribution is 0.0707. The number of sulfone groups is 1. The Labute approximate surface area is 204 Å². The summed E-state index contributed by atoms with van der Waals surface area (Å²) in [6.45, 7) is 2.23. The van der Waals surface area contributed by atoms with Crippen molar-refractivity contribution in [1.82, 2.24) is 10.1 Å². The van der Waals surface area contributed by atoms with Gasteiger partial charge < -0.3 is 18.7 Å². The van der Waals surface area contributed by atoms with E-state index in [0.29, 0.717) is 23.6 Å². The maximum Gasteiger partial charge on any atom is 0.276 e. The molecule has 0 N–H and O–H groups in total. The topological polar surface area (TPSA) is 96.9 Å². The molecule has 0 spiro atoms. The van der Waals surface area contributed by atoms with Gasteiger partial charge in [-0.3, -0.25) is 4.79 Å². The van der Waals surface area contributed by atoms with Crippen molar-refractivity contribution in [3.8, 4) is 11.3 Å². The van der Waals surface area contributed by atoms with Gasteiger partial charge in [-0.2, -0.15) is 0 Å². The number of anilines is 1. The van der Waals surface area contributed by atoms with Crippen molar-refractivity contribution < 1.29 is 22.2 Å². The zero-order valence-electron chi connectivity index (χ0n) is 19.8. The molecule has 0 fully saturated rings. The Kier molecular flexibility index (Phi) is 7.07. The summed E-state index contributed by atoms with van der Waals surface area (Å²) in [6.07, 6.45) is 1.57. The van der Waals surface area contributed by atoms with E-state index >= 15 is 0 Å². The average molecular weight is 494 g/mol. The first-order chi connectivity index (χ1) is 16.8. The van der Waals surface area contributed by atoms with Crippen molar-refractivity contribution in [1.29, 1.82) is 0 Å². The van der Waals surface area contributed by atoms with Crippen LogP contribution in [-0.4, -0.2) is 44.2 Å². The minimum Gasteiger partial charge on any atom is -0.467 e. The van der Waals surface area contributed by atoms with E-state index in [-0.39, 0.29) is 28.8 Å². The van der Waals surface area contributed by atoms with Gasteiger partial charge in [-0.05, 0) is 54.1 Å². The van der Waals surface area contributed by atoms with Gasteiger partial charge >= 0.3 is 0 Å². The quantitative estimate of drug-likeness (QED) is 0.335. The maximum absolute atomic E-state index is 13.4. The van der Waals surface area contributed by atoms with Crippen molar-refractivity contribution in [2.75, 3.05) is 24.7 Å². The molecule has 4 rings (SSSR count). The molecule has 9 heteroatoms. The number of carbonyl (C=O) groups excluding carboxylic acids is 1. The van der Waals surface area contributed by atoms with Crippen molar-refractivity contribution in [2.24, 2.45) is 0 Å². The molecule has 0 aliphatic heterocycles. The van der Waals surface area contributed by atoms with Crippen LogP contribution in [0.2, 0.25) is 0 Å². The highest BCUT2D eigenvalue weighted by Gasteiger charge is 2.22. The highest BCUT2D eigenvalue weighted by Crippen LogP contribution is 2.24. The van der Waals surface area contributed by atoms with E-state index < -0.39 is 9.84 Å². The monoisotopic (exact) mass is 493 g/mol. The third-order valence-corrected chi connectivity index (χ3v) is 7.40. The lowest BCUT2D eigenvalue weighted by Gasteiger charge is -2.21. The van der Waals surface area contributed by atoms with E-state index in [1.54, 1.807) is 42.4 Å². The summed E-state index contributed by atoms with van der Waals surface area (Å²) in [4.78, 5) is 17.3. The van der Waals surface area contributed by atoms with Gasteiger partial charge in [-0.15, -0.1) is 0 Å². The number of carbonyl (C=O) groups is 1. The number of rotatable bonds is 9. The van der Waals surface area contributed by atoms with Gasteiger partial charge in [0.2, 0.25) is 0 Å². The van der Waals surface area contributed by atoms with Crippen LogP contribution in [0.15, 0.2) is 86.8 Å². The fourth-order valence-corrected chi connectivity index (χ4v) is 4.46. The number of hydrogen-bond donors (Lipinski definition) is 0. The highest BCUT2D eigenvalue weighted by molar-refractivity contribution is 7.91. The van der Waals surface area contributed by atoms with Gasteiger partial charge in [0.1, 0.15) is 5.76 Å². The van der Waals surface area contributed by atoms with Crippen molar-refractivity contribution >= 4 is 21.4 Å². The number of aromatic nitrogens is 1. The van der Waals surface area contributed by atoms with E-state index in [1.165, 1.54) is 12.1 Å². The fraction of sp³-hybridized carbons (Fsp3) is 0.231. The van der Waals surface area contributed by atoms with Crippen LogP contribution in [0.4, 0.5) is 5.69 Å². The maximum atomic E-state index is 13.4. The van der Waals surface area contributed by atoms with Crippen LogP contribution in [-0.2, 0) is 22.9 Å². The lowest BCUT2D eigenvalue weighted by atomic mass is 10.1. The number of furan rings is 1. The summed E-state index contributed by atoms with van der Waals surface area (Å²) in [7, 11) is 0.647. The van der Waals surface area contributed by atoms with Crippen LogP contribution in [0.3, 0.4) is 0 Å². The molecule has 0 saturated heterocycles. The zero-order valence-corrected chi connectivity index (χ0v) is 20.7. The van der Waals surface area contributed by atoms with Crippen LogP contribution in [0.25, 0.3) is 11.3 Å². The Balaban J connectivity index is 1.56. The Morgan fingerprint density at radius 1 is 0.971 bits per heavy atom. The second-order valence-corrected chi connectivity index (χ2v) is 10.6. The first-order valence-corrected chi connectivity index (χ1v) is 12.8. The van der Waals surface area contributed by atoms with Gasteiger partial charge in [0.25, 0.3) is 5.91 Å². The van der Waals surface area contributed by atoms with Crippen LogP contribution < -0.4 is 4.90 Å². The molecule has 0 aliphatic rings. The Morgan fingerprint density at radius 2 is 1.69 bits per heavy atom. The lowest BCUT2D eigenvalue weighted by Crippen LogP contribution is -2.30. The minimum atomic E-state index is -3.30. The van der Waals surface area contributed by atoms with Gasteiger partial charge in [0.15, 0.2) is 21.3 Å². The van der Waals surface area contributed by atoms with E-state index in [1.807, 2.05) is 49.3 Å². The van der Waals surface area contributed by atoms with Crippen LogP contribution in [0, 0.1) is 0 Å². The van der Waals surface area contributed by atoms with Crippen LogP contribution >= 0.6 is 0 Å². The molecule has 0 aliphatic carbocycles. The number of hydrogen-bond acceptors (Lipinski definition) is 7. The SMILES string of the molecule is CCS(=O)(=O)c1ccc(-c2cc(C(=O)N(Cc3ccc(N(C)C)cc3)Cc3ccco3)no2)cc1. The standard InChI is InChI=1S/C26H27N3O5S/c1-4-35(31,32)23-13-9-20(10-14-23)25-16-24(27-34-25)26(30)29(18-22-6-5-15-33-22)17-19-7-11-21(12-8-19)28(2)3/h5-16H,4,17-18H2,1-3H3. The molecule has 0 atom stereocenters. The van der Waals surface area contributed by atoms with Crippen molar-refractivity contribution in [3.05, 3.63) is 90.0 Å². The molecule has 0 unspecified atom stereocenters. The molecule has 1 amide bonds. The molecule has 35 heavy (non-hydrogen) atoms. The number of benzene rings is 2. The van der Waals surface area contributed by atoms with Gasteiger partial charge in [0, 0.05) is 38.0 Å². The number of amides is 1. The second-order valence-electron chi connectivity index (χ2n) is 8.31. The van der Waals surface area contributed by atoms with Crippen molar-refractivity contribution in [3.63, 3.8) is 0 Å². The van der Waals surface area contributed by atoms with E-state index in [0.717, 1.165) is 11.3 Å². The molecule has 4 aromatic rings. The Hall–Kier alpha value is -3.85. The molecule has 182 valence electrons. The normalized spacial score (nSPS) is 11.4. The molecule has 8 nitrogen and oxygen atoms in total. The molecule has 2 aromatic carbocycles. The summed E-state index contributed by atoms with van der Waals surface area (Å²) in [5.41, 5.74) is 2.81.